The van der Waals surface area contributed by atoms with E-state index >= 15 is 0 Å². The summed E-state index contributed by atoms with van der Waals surface area (Å²) in [6.45, 7) is 4.57. The molecule has 0 saturated carbocycles. The third kappa shape index (κ3) is 3.49. The van der Waals surface area contributed by atoms with Crippen molar-refractivity contribution in [3.8, 4) is 0 Å². The Balaban J connectivity index is 2.81. The fourth-order valence-electron chi connectivity index (χ4n) is 2.20. The quantitative estimate of drug-likeness (QED) is 0.442. The highest BCUT2D eigenvalue weighted by atomic mass is 19.4. The monoisotopic (exact) mass is 300 g/mol. The molecule has 1 aliphatic rings. The van der Waals surface area contributed by atoms with Gasteiger partial charge >= 0.3 is 18.1 Å². The highest BCUT2D eigenvalue weighted by Gasteiger charge is 2.65. The summed E-state index contributed by atoms with van der Waals surface area (Å²) in [6.07, 6.45) is -2.19. The van der Waals surface area contributed by atoms with Crippen molar-refractivity contribution in [2.45, 2.75) is 57.7 Å². The second-order valence-electron chi connectivity index (χ2n) is 5.59. The van der Waals surface area contributed by atoms with Gasteiger partial charge in [-0.05, 0) is 40.0 Å². The molecule has 0 bridgehead atoms. The third-order valence-corrected chi connectivity index (χ3v) is 3.53. The number of rotatable bonds is 3. The van der Waals surface area contributed by atoms with Crippen molar-refractivity contribution in [1.82, 2.24) is 0 Å². The van der Waals surface area contributed by atoms with Gasteiger partial charge in [0.1, 0.15) is 5.60 Å². The van der Waals surface area contributed by atoms with E-state index in [1.54, 1.807) is 0 Å². The molecule has 0 aromatic carbocycles. The SMILES string of the molecule is CC1=CCCC(C(C)(C)OC(=O)C(F)(F)C(F)(F)F)C1. The number of esters is 1. The first-order valence-corrected chi connectivity index (χ1v) is 6.21. The molecule has 2 nitrogen and oxygen atoms in total. The molecule has 0 saturated heterocycles. The standard InChI is InChI=1S/C13H17F5O2/c1-8-5-4-6-9(7-8)11(2,3)20-10(19)12(14,15)13(16,17)18/h5,9H,4,6-7H2,1-3H3. The van der Waals surface area contributed by atoms with Crippen molar-refractivity contribution in [2.24, 2.45) is 5.92 Å². The molecule has 0 N–H and O–H groups in total. The van der Waals surface area contributed by atoms with Gasteiger partial charge in [0.25, 0.3) is 0 Å². The molecule has 1 aliphatic carbocycles. The Kier molecular flexibility index (Phi) is 4.51. The van der Waals surface area contributed by atoms with Crippen molar-refractivity contribution in [1.29, 1.82) is 0 Å². The van der Waals surface area contributed by atoms with Gasteiger partial charge in [-0.2, -0.15) is 22.0 Å². The van der Waals surface area contributed by atoms with Gasteiger partial charge in [-0.25, -0.2) is 4.79 Å². The third-order valence-electron chi connectivity index (χ3n) is 3.53. The topological polar surface area (TPSA) is 26.3 Å². The molecule has 1 atom stereocenters. The van der Waals surface area contributed by atoms with Gasteiger partial charge < -0.3 is 4.74 Å². The van der Waals surface area contributed by atoms with Crippen LogP contribution in [0, 0.1) is 5.92 Å². The number of alkyl halides is 5. The van der Waals surface area contributed by atoms with E-state index in [9.17, 15) is 26.7 Å². The van der Waals surface area contributed by atoms with Crippen molar-refractivity contribution < 1.29 is 31.5 Å². The molecule has 0 fully saturated rings. The molecule has 0 aliphatic heterocycles. The molecule has 20 heavy (non-hydrogen) atoms. The van der Waals surface area contributed by atoms with Gasteiger partial charge in [0.15, 0.2) is 0 Å². The Morgan fingerprint density at radius 1 is 1.25 bits per heavy atom. The summed E-state index contributed by atoms with van der Waals surface area (Å²) in [5.41, 5.74) is -0.366. The lowest BCUT2D eigenvalue weighted by atomic mass is 9.79. The first kappa shape index (κ1) is 16.9. The first-order valence-electron chi connectivity index (χ1n) is 6.21. The van der Waals surface area contributed by atoms with Crippen LogP contribution in [0.4, 0.5) is 22.0 Å². The van der Waals surface area contributed by atoms with Crippen LogP contribution < -0.4 is 0 Å². The minimum Gasteiger partial charge on any atom is -0.455 e. The smallest absolute Gasteiger partial charge is 0.455 e. The van der Waals surface area contributed by atoms with Crippen LogP contribution in [-0.2, 0) is 9.53 Å². The van der Waals surface area contributed by atoms with E-state index in [0.717, 1.165) is 5.57 Å². The summed E-state index contributed by atoms with van der Waals surface area (Å²) in [6, 6.07) is 0. The van der Waals surface area contributed by atoms with Crippen LogP contribution in [0.5, 0.6) is 0 Å². The summed E-state index contributed by atoms with van der Waals surface area (Å²) in [5, 5.41) is 0. The molecule has 116 valence electrons. The van der Waals surface area contributed by atoms with E-state index in [1.165, 1.54) is 13.8 Å². The van der Waals surface area contributed by atoms with Crippen LogP contribution >= 0.6 is 0 Å². The maximum absolute atomic E-state index is 12.9. The molecule has 1 rings (SSSR count). The summed E-state index contributed by atoms with van der Waals surface area (Å²) < 4.78 is 66.6. The Morgan fingerprint density at radius 2 is 1.80 bits per heavy atom. The number of halogens is 5. The molecule has 0 spiro atoms. The fourth-order valence-corrected chi connectivity index (χ4v) is 2.20. The summed E-state index contributed by atoms with van der Waals surface area (Å²) >= 11 is 0. The maximum Gasteiger partial charge on any atom is 0.465 e. The summed E-state index contributed by atoms with van der Waals surface area (Å²) in [4.78, 5) is 11.1. The van der Waals surface area contributed by atoms with Gasteiger partial charge in [0.2, 0.25) is 0 Å². The fraction of sp³-hybridized carbons (Fsp3) is 0.769. The predicted molar refractivity (Wildman–Crippen MR) is 62.3 cm³/mol. The number of carbonyl (C=O) groups is 1. The lowest BCUT2D eigenvalue weighted by Crippen LogP contribution is -2.49. The van der Waals surface area contributed by atoms with Crippen LogP contribution in [0.25, 0.3) is 0 Å². The maximum atomic E-state index is 12.9. The number of hydrogen-bond donors (Lipinski definition) is 0. The minimum absolute atomic E-state index is 0.277. The molecule has 0 aromatic rings. The Labute approximate surface area is 114 Å². The van der Waals surface area contributed by atoms with Crippen LogP contribution in [-0.4, -0.2) is 23.7 Å². The van der Waals surface area contributed by atoms with Crippen LogP contribution in [0.15, 0.2) is 11.6 Å². The van der Waals surface area contributed by atoms with E-state index in [1.807, 2.05) is 13.0 Å². The molecular weight excluding hydrogens is 283 g/mol. The molecule has 0 aromatic heterocycles. The van der Waals surface area contributed by atoms with Crippen LogP contribution in [0.1, 0.15) is 40.0 Å². The van der Waals surface area contributed by atoms with E-state index in [-0.39, 0.29) is 5.92 Å². The second-order valence-corrected chi connectivity index (χ2v) is 5.59. The van der Waals surface area contributed by atoms with Crippen molar-refractivity contribution in [3.63, 3.8) is 0 Å². The number of carbonyl (C=O) groups excluding carboxylic acids is 1. The summed E-state index contributed by atoms with van der Waals surface area (Å²) in [7, 11) is 0. The predicted octanol–water partition coefficient (Wildman–Crippen LogP) is 4.25. The number of hydrogen-bond acceptors (Lipinski definition) is 2. The zero-order valence-electron chi connectivity index (χ0n) is 11.5. The summed E-state index contributed by atoms with van der Waals surface area (Å²) in [5.74, 6) is -8.30. The zero-order valence-corrected chi connectivity index (χ0v) is 11.5. The minimum atomic E-state index is -5.94. The number of allylic oxidation sites excluding steroid dienone is 2. The van der Waals surface area contributed by atoms with E-state index in [4.69, 9.17) is 0 Å². The average Bonchev–Trinajstić information content (AvgIpc) is 2.26. The first-order chi connectivity index (χ1) is 8.88. The molecule has 7 heteroatoms. The normalized spacial score (nSPS) is 21.4. The van der Waals surface area contributed by atoms with E-state index < -0.39 is 23.7 Å². The van der Waals surface area contributed by atoms with Gasteiger partial charge in [0.05, 0.1) is 0 Å². The van der Waals surface area contributed by atoms with Gasteiger partial charge in [-0.1, -0.05) is 11.6 Å². The van der Waals surface area contributed by atoms with Crippen molar-refractivity contribution >= 4 is 5.97 Å². The molecule has 0 heterocycles. The highest BCUT2D eigenvalue weighted by Crippen LogP contribution is 2.40. The molecule has 0 amide bonds. The molecular formula is C13H17F5O2. The Morgan fingerprint density at radius 3 is 2.25 bits per heavy atom. The van der Waals surface area contributed by atoms with Crippen LogP contribution in [0.3, 0.4) is 0 Å². The van der Waals surface area contributed by atoms with E-state index in [2.05, 4.69) is 4.74 Å². The van der Waals surface area contributed by atoms with Gasteiger partial charge in [-0.15, -0.1) is 0 Å². The lowest BCUT2D eigenvalue weighted by Gasteiger charge is -2.37. The van der Waals surface area contributed by atoms with Crippen molar-refractivity contribution in [2.75, 3.05) is 0 Å². The highest BCUT2D eigenvalue weighted by molar-refractivity contribution is 5.79. The van der Waals surface area contributed by atoms with E-state index in [0.29, 0.717) is 19.3 Å². The van der Waals surface area contributed by atoms with Crippen LogP contribution in [0.2, 0.25) is 0 Å². The number of ether oxygens (including phenoxy) is 1. The largest absolute Gasteiger partial charge is 0.465 e. The van der Waals surface area contributed by atoms with Gasteiger partial charge in [-0.3, -0.25) is 0 Å². The van der Waals surface area contributed by atoms with Crippen molar-refractivity contribution in [3.05, 3.63) is 11.6 Å². The Hall–Kier alpha value is -1.14. The Bertz CT molecular complexity index is 409. The van der Waals surface area contributed by atoms with Gasteiger partial charge in [0, 0.05) is 5.92 Å². The average molecular weight is 300 g/mol. The molecule has 1 unspecified atom stereocenters. The second kappa shape index (κ2) is 5.33. The molecule has 0 radical (unpaired) electrons. The zero-order chi connectivity index (χ0) is 15.8. The lowest BCUT2D eigenvalue weighted by molar-refractivity contribution is -0.286.